The zero-order valence-corrected chi connectivity index (χ0v) is 10.0. The fourth-order valence-electron chi connectivity index (χ4n) is 1.22. The lowest BCUT2D eigenvalue weighted by Gasteiger charge is -2.17. The van der Waals surface area contributed by atoms with Crippen molar-refractivity contribution in [1.82, 2.24) is 10.6 Å². The second-order valence-electron chi connectivity index (χ2n) is 3.88. The Hall–Kier alpha value is -0.610. The smallest absolute Gasteiger partial charge is 0.234 e. The molecule has 0 rings (SSSR count). The van der Waals surface area contributed by atoms with Crippen LogP contribution in [0.15, 0.2) is 0 Å². The van der Waals surface area contributed by atoms with Crippen LogP contribution in [0, 0.1) is 0 Å². The third-order valence-corrected chi connectivity index (χ3v) is 2.56. The topological polar surface area (TPSA) is 61.4 Å². The number of hydrogen-bond donors (Lipinski definition) is 3. The van der Waals surface area contributed by atoms with Crippen LogP contribution in [0.5, 0.6) is 0 Å². The van der Waals surface area contributed by atoms with Gasteiger partial charge in [0, 0.05) is 18.7 Å². The largest absolute Gasteiger partial charge is 0.396 e. The second-order valence-corrected chi connectivity index (χ2v) is 3.88. The van der Waals surface area contributed by atoms with Gasteiger partial charge in [0.25, 0.3) is 0 Å². The molecular formula is C11H24N2O2. The minimum atomic E-state index is 0.00981. The molecule has 0 aliphatic rings. The van der Waals surface area contributed by atoms with Gasteiger partial charge in [0.2, 0.25) is 5.91 Å². The monoisotopic (exact) mass is 216 g/mol. The Morgan fingerprint density at radius 2 is 2.00 bits per heavy atom. The zero-order chi connectivity index (χ0) is 11.7. The van der Waals surface area contributed by atoms with Gasteiger partial charge in [-0.1, -0.05) is 13.8 Å². The van der Waals surface area contributed by atoms with E-state index in [1.54, 1.807) is 0 Å². The average Bonchev–Trinajstić information content (AvgIpc) is 2.25. The third kappa shape index (κ3) is 7.33. The number of hydrogen-bond acceptors (Lipinski definition) is 3. The van der Waals surface area contributed by atoms with Gasteiger partial charge in [0.05, 0.1) is 6.54 Å². The lowest BCUT2D eigenvalue weighted by Crippen LogP contribution is -2.42. The number of carbonyl (C=O) groups is 1. The number of carbonyl (C=O) groups excluding carboxylic acids is 1. The van der Waals surface area contributed by atoms with Crippen molar-refractivity contribution in [3.8, 4) is 0 Å². The van der Waals surface area contributed by atoms with Gasteiger partial charge >= 0.3 is 0 Å². The molecule has 1 amide bonds. The van der Waals surface area contributed by atoms with Gasteiger partial charge in [-0.05, 0) is 26.2 Å². The predicted molar refractivity (Wildman–Crippen MR) is 61.7 cm³/mol. The normalized spacial score (nSPS) is 14.7. The highest BCUT2D eigenvalue weighted by atomic mass is 16.3. The number of aliphatic hydroxyl groups is 1. The molecule has 3 N–H and O–H groups in total. The Morgan fingerprint density at radius 3 is 2.47 bits per heavy atom. The van der Waals surface area contributed by atoms with Crippen molar-refractivity contribution in [3.05, 3.63) is 0 Å². The van der Waals surface area contributed by atoms with E-state index >= 15 is 0 Å². The second kappa shape index (κ2) is 8.68. The van der Waals surface area contributed by atoms with Crippen LogP contribution in [0.4, 0.5) is 0 Å². The minimum Gasteiger partial charge on any atom is -0.396 e. The van der Waals surface area contributed by atoms with Gasteiger partial charge in [-0.3, -0.25) is 4.79 Å². The van der Waals surface area contributed by atoms with Crippen molar-refractivity contribution in [2.24, 2.45) is 0 Å². The van der Waals surface area contributed by atoms with E-state index < -0.39 is 0 Å². The Bertz CT molecular complexity index is 174. The molecule has 2 unspecified atom stereocenters. The van der Waals surface area contributed by atoms with Crippen molar-refractivity contribution in [2.45, 2.75) is 52.1 Å². The first-order chi connectivity index (χ1) is 7.13. The number of nitrogens with one attached hydrogen (secondary N) is 2. The summed E-state index contributed by atoms with van der Waals surface area (Å²) in [6.07, 6.45) is 2.50. The van der Waals surface area contributed by atoms with E-state index in [2.05, 4.69) is 24.5 Å². The van der Waals surface area contributed by atoms with Gasteiger partial charge in [-0.2, -0.15) is 0 Å². The van der Waals surface area contributed by atoms with Crippen molar-refractivity contribution in [3.63, 3.8) is 0 Å². The Morgan fingerprint density at radius 1 is 1.33 bits per heavy atom. The van der Waals surface area contributed by atoms with Crippen molar-refractivity contribution in [1.29, 1.82) is 0 Å². The summed E-state index contributed by atoms with van der Waals surface area (Å²) in [5, 5.41) is 14.8. The number of rotatable bonds is 8. The van der Waals surface area contributed by atoms with E-state index in [1.807, 2.05) is 6.92 Å². The van der Waals surface area contributed by atoms with E-state index in [1.165, 1.54) is 0 Å². The molecule has 90 valence electrons. The first-order valence-electron chi connectivity index (χ1n) is 5.77. The Balaban J connectivity index is 3.70. The molecule has 4 heteroatoms. The summed E-state index contributed by atoms with van der Waals surface area (Å²) >= 11 is 0. The maximum Gasteiger partial charge on any atom is 0.234 e. The first-order valence-corrected chi connectivity index (χ1v) is 5.77. The molecule has 2 atom stereocenters. The van der Waals surface area contributed by atoms with E-state index in [4.69, 9.17) is 5.11 Å². The van der Waals surface area contributed by atoms with Gasteiger partial charge < -0.3 is 15.7 Å². The van der Waals surface area contributed by atoms with Gasteiger partial charge in [-0.15, -0.1) is 0 Å². The van der Waals surface area contributed by atoms with Gasteiger partial charge in [0.15, 0.2) is 0 Å². The average molecular weight is 216 g/mol. The van der Waals surface area contributed by atoms with Crippen molar-refractivity contribution >= 4 is 5.91 Å². The van der Waals surface area contributed by atoms with Crippen LogP contribution in [0.25, 0.3) is 0 Å². The Labute approximate surface area is 92.4 Å². The molecule has 0 radical (unpaired) electrons. The van der Waals surface area contributed by atoms with Crippen LogP contribution in [-0.2, 0) is 4.79 Å². The lowest BCUT2D eigenvalue weighted by atomic mass is 10.1. The van der Waals surface area contributed by atoms with Crippen molar-refractivity contribution in [2.75, 3.05) is 13.2 Å². The lowest BCUT2D eigenvalue weighted by molar-refractivity contribution is -0.121. The summed E-state index contributed by atoms with van der Waals surface area (Å²) in [6.45, 7) is 6.62. The molecule has 0 aliphatic heterocycles. The summed E-state index contributed by atoms with van der Waals surface area (Å²) in [5.74, 6) is 0.00981. The quantitative estimate of drug-likeness (QED) is 0.558. The fraction of sp³-hybridized carbons (Fsp3) is 0.909. The van der Waals surface area contributed by atoms with E-state index in [0.29, 0.717) is 19.0 Å². The van der Waals surface area contributed by atoms with Crippen LogP contribution in [0.1, 0.15) is 40.0 Å². The summed E-state index contributed by atoms with van der Waals surface area (Å²) < 4.78 is 0. The molecule has 0 aromatic rings. The molecule has 0 saturated heterocycles. The molecule has 0 heterocycles. The number of aliphatic hydroxyl groups excluding tert-OH is 1. The maximum atomic E-state index is 11.5. The molecular weight excluding hydrogens is 192 g/mol. The highest BCUT2D eigenvalue weighted by Crippen LogP contribution is 1.96. The molecule has 0 aromatic heterocycles. The molecule has 0 fully saturated rings. The molecule has 4 nitrogen and oxygen atoms in total. The summed E-state index contributed by atoms with van der Waals surface area (Å²) in [7, 11) is 0. The van der Waals surface area contributed by atoms with Crippen LogP contribution in [0.2, 0.25) is 0 Å². The SMILES string of the molecule is CCC(C)NCC(=O)NC(CC)CCO. The van der Waals surface area contributed by atoms with Crippen LogP contribution in [-0.4, -0.2) is 36.2 Å². The number of amides is 1. The van der Waals surface area contributed by atoms with E-state index in [9.17, 15) is 4.79 Å². The summed E-state index contributed by atoms with van der Waals surface area (Å²) in [4.78, 5) is 11.5. The minimum absolute atomic E-state index is 0.00981. The van der Waals surface area contributed by atoms with Crippen LogP contribution in [0.3, 0.4) is 0 Å². The third-order valence-electron chi connectivity index (χ3n) is 2.56. The van der Waals surface area contributed by atoms with Crippen LogP contribution < -0.4 is 10.6 Å². The molecule has 0 bridgehead atoms. The molecule has 0 spiro atoms. The zero-order valence-electron chi connectivity index (χ0n) is 10.0. The molecule has 0 aliphatic carbocycles. The maximum absolute atomic E-state index is 11.5. The summed E-state index contributed by atoms with van der Waals surface area (Å²) in [6, 6.07) is 0.468. The molecule has 0 aromatic carbocycles. The van der Waals surface area contributed by atoms with Gasteiger partial charge in [0.1, 0.15) is 0 Å². The van der Waals surface area contributed by atoms with E-state index in [-0.39, 0.29) is 18.6 Å². The first kappa shape index (κ1) is 14.4. The highest BCUT2D eigenvalue weighted by molar-refractivity contribution is 5.78. The molecule has 0 saturated carbocycles. The van der Waals surface area contributed by atoms with Gasteiger partial charge in [-0.25, -0.2) is 0 Å². The standard InChI is InChI=1S/C11H24N2O2/c1-4-9(3)12-8-11(15)13-10(5-2)6-7-14/h9-10,12,14H,4-8H2,1-3H3,(H,13,15). The predicted octanol–water partition coefficient (Wildman–Crippen LogP) is 0.652. The van der Waals surface area contributed by atoms with Crippen molar-refractivity contribution < 1.29 is 9.90 Å². The summed E-state index contributed by atoms with van der Waals surface area (Å²) in [5.41, 5.74) is 0. The van der Waals surface area contributed by atoms with Crippen LogP contribution >= 0.6 is 0 Å². The molecule has 15 heavy (non-hydrogen) atoms. The Kier molecular flexibility index (Phi) is 8.33. The van der Waals surface area contributed by atoms with E-state index in [0.717, 1.165) is 12.8 Å². The highest BCUT2D eigenvalue weighted by Gasteiger charge is 2.09. The fourth-order valence-corrected chi connectivity index (χ4v) is 1.22.